The van der Waals surface area contributed by atoms with Gasteiger partial charge in [-0.1, -0.05) is 17.3 Å². The number of rotatable bonds is 7. The Hall–Kier alpha value is -3.19. The van der Waals surface area contributed by atoms with Gasteiger partial charge in [0.2, 0.25) is 5.82 Å². The molecule has 0 aliphatic heterocycles. The van der Waals surface area contributed by atoms with E-state index < -0.39 is 5.97 Å². The third-order valence-corrected chi connectivity index (χ3v) is 3.44. The SMILES string of the molecule is COCCOc1ccc(-c2noc(-c3cccc(C(=O)[O-])c3)n2)cc1. The zero-order chi connectivity index (χ0) is 17.6. The second kappa shape index (κ2) is 7.59. The lowest BCUT2D eigenvalue weighted by molar-refractivity contribution is -0.255. The molecule has 25 heavy (non-hydrogen) atoms. The monoisotopic (exact) mass is 339 g/mol. The van der Waals surface area contributed by atoms with Gasteiger partial charge in [0, 0.05) is 18.2 Å². The lowest BCUT2D eigenvalue weighted by Gasteiger charge is -2.05. The second-order valence-corrected chi connectivity index (χ2v) is 5.16. The second-order valence-electron chi connectivity index (χ2n) is 5.16. The molecule has 7 heteroatoms. The Bertz CT molecular complexity index is 858. The third-order valence-electron chi connectivity index (χ3n) is 3.44. The summed E-state index contributed by atoms with van der Waals surface area (Å²) in [5, 5.41) is 14.9. The number of benzene rings is 2. The third kappa shape index (κ3) is 4.02. The van der Waals surface area contributed by atoms with E-state index in [1.165, 1.54) is 12.1 Å². The molecule has 1 aromatic heterocycles. The molecule has 0 radical (unpaired) electrons. The number of ether oxygens (including phenoxy) is 2. The van der Waals surface area contributed by atoms with Crippen molar-refractivity contribution >= 4 is 5.97 Å². The van der Waals surface area contributed by atoms with Crippen molar-refractivity contribution in [3.05, 3.63) is 54.1 Å². The first-order valence-corrected chi connectivity index (χ1v) is 7.55. The molecular formula is C18H15N2O5-. The summed E-state index contributed by atoms with van der Waals surface area (Å²) < 4.78 is 15.7. The number of carboxylic acid groups (broad SMARTS) is 1. The number of carbonyl (C=O) groups excluding carboxylic acids is 1. The Morgan fingerprint density at radius 3 is 2.64 bits per heavy atom. The number of carbonyl (C=O) groups is 1. The van der Waals surface area contributed by atoms with Gasteiger partial charge in [0.05, 0.1) is 12.6 Å². The first kappa shape index (κ1) is 16.7. The number of methoxy groups -OCH3 is 1. The van der Waals surface area contributed by atoms with Gasteiger partial charge in [0.25, 0.3) is 5.89 Å². The molecule has 7 nitrogen and oxygen atoms in total. The van der Waals surface area contributed by atoms with Crippen LogP contribution in [0.4, 0.5) is 0 Å². The van der Waals surface area contributed by atoms with Crippen molar-refractivity contribution in [3.63, 3.8) is 0 Å². The van der Waals surface area contributed by atoms with Crippen LogP contribution >= 0.6 is 0 Å². The highest BCUT2D eigenvalue weighted by Crippen LogP contribution is 2.24. The van der Waals surface area contributed by atoms with E-state index in [9.17, 15) is 9.90 Å². The van der Waals surface area contributed by atoms with Crippen molar-refractivity contribution in [2.24, 2.45) is 0 Å². The van der Waals surface area contributed by atoms with Crippen molar-refractivity contribution in [2.45, 2.75) is 0 Å². The van der Waals surface area contributed by atoms with Gasteiger partial charge in [-0.3, -0.25) is 0 Å². The summed E-state index contributed by atoms with van der Waals surface area (Å²) in [6.07, 6.45) is 0. The van der Waals surface area contributed by atoms with Gasteiger partial charge in [0.1, 0.15) is 12.4 Å². The summed E-state index contributed by atoms with van der Waals surface area (Å²) >= 11 is 0. The topological polar surface area (TPSA) is 97.5 Å². The highest BCUT2D eigenvalue weighted by atomic mass is 16.5. The molecule has 0 N–H and O–H groups in total. The van der Waals surface area contributed by atoms with Gasteiger partial charge in [-0.25, -0.2) is 0 Å². The summed E-state index contributed by atoms with van der Waals surface area (Å²) in [6.45, 7) is 0.984. The fraction of sp³-hybridized carbons (Fsp3) is 0.167. The fourth-order valence-corrected chi connectivity index (χ4v) is 2.18. The summed E-state index contributed by atoms with van der Waals surface area (Å²) in [5.74, 6) is 0.0904. The number of aromatic nitrogens is 2. The summed E-state index contributed by atoms with van der Waals surface area (Å²) in [6, 6.07) is 13.4. The van der Waals surface area contributed by atoms with Crippen molar-refractivity contribution < 1.29 is 23.9 Å². The van der Waals surface area contributed by atoms with Crippen LogP contribution in [0.15, 0.2) is 53.1 Å². The van der Waals surface area contributed by atoms with E-state index in [1.54, 1.807) is 31.4 Å². The van der Waals surface area contributed by atoms with Gasteiger partial charge < -0.3 is 23.9 Å². The lowest BCUT2D eigenvalue weighted by atomic mass is 10.1. The molecule has 0 spiro atoms. The van der Waals surface area contributed by atoms with Gasteiger partial charge in [-0.05, 0) is 42.0 Å². The highest BCUT2D eigenvalue weighted by Gasteiger charge is 2.11. The minimum Gasteiger partial charge on any atom is -0.545 e. The van der Waals surface area contributed by atoms with Gasteiger partial charge in [0.15, 0.2) is 0 Å². The molecule has 0 aliphatic rings. The Labute approximate surface area is 143 Å². The van der Waals surface area contributed by atoms with E-state index >= 15 is 0 Å². The van der Waals surface area contributed by atoms with Crippen LogP contribution in [0.25, 0.3) is 22.8 Å². The predicted molar refractivity (Wildman–Crippen MR) is 86.9 cm³/mol. The molecule has 0 bridgehead atoms. The van der Waals surface area contributed by atoms with Gasteiger partial charge in [-0.2, -0.15) is 4.98 Å². The number of aromatic carboxylic acids is 1. The number of carboxylic acids is 1. The maximum absolute atomic E-state index is 10.9. The molecule has 3 rings (SSSR count). The minimum atomic E-state index is -1.26. The Morgan fingerprint density at radius 1 is 1.12 bits per heavy atom. The number of hydrogen-bond acceptors (Lipinski definition) is 7. The molecule has 0 fully saturated rings. The molecule has 1 heterocycles. The van der Waals surface area contributed by atoms with Crippen LogP contribution in [0.2, 0.25) is 0 Å². The quantitative estimate of drug-likeness (QED) is 0.605. The molecule has 128 valence electrons. The molecule has 0 saturated carbocycles. The number of hydrogen-bond donors (Lipinski definition) is 0. The average Bonchev–Trinajstić information content (AvgIpc) is 3.13. The Kier molecular flexibility index (Phi) is 5.06. The maximum Gasteiger partial charge on any atom is 0.258 e. The summed E-state index contributed by atoms with van der Waals surface area (Å²) in [4.78, 5) is 15.2. The first-order chi connectivity index (χ1) is 12.2. The highest BCUT2D eigenvalue weighted by molar-refractivity contribution is 5.87. The van der Waals surface area contributed by atoms with Crippen LogP contribution in [0.5, 0.6) is 5.75 Å². The molecule has 0 aliphatic carbocycles. The molecular weight excluding hydrogens is 324 g/mol. The van der Waals surface area contributed by atoms with Crippen LogP contribution in [0.3, 0.4) is 0 Å². The summed E-state index contributed by atoms with van der Waals surface area (Å²) in [5.41, 5.74) is 1.32. The minimum absolute atomic E-state index is 0.0508. The Morgan fingerprint density at radius 2 is 1.92 bits per heavy atom. The first-order valence-electron chi connectivity index (χ1n) is 7.55. The Balaban J connectivity index is 1.77. The summed E-state index contributed by atoms with van der Waals surface area (Å²) in [7, 11) is 1.61. The van der Waals surface area contributed by atoms with Crippen LogP contribution in [-0.4, -0.2) is 36.4 Å². The van der Waals surface area contributed by atoms with Crippen LogP contribution < -0.4 is 9.84 Å². The van der Waals surface area contributed by atoms with Crippen LogP contribution in [0.1, 0.15) is 10.4 Å². The number of nitrogens with zero attached hydrogens (tertiary/aromatic N) is 2. The normalized spacial score (nSPS) is 10.6. The van der Waals surface area contributed by atoms with E-state index in [0.717, 1.165) is 5.56 Å². The van der Waals surface area contributed by atoms with E-state index in [2.05, 4.69) is 10.1 Å². The predicted octanol–water partition coefficient (Wildman–Crippen LogP) is 1.79. The zero-order valence-corrected chi connectivity index (χ0v) is 13.5. The van der Waals surface area contributed by atoms with Crippen molar-refractivity contribution in [1.29, 1.82) is 0 Å². The van der Waals surface area contributed by atoms with Crippen LogP contribution in [-0.2, 0) is 4.74 Å². The van der Waals surface area contributed by atoms with E-state index in [0.29, 0.717) is 30.4 Å². The molecule has 2 aromatic carbocycles. The van der Waals surface area contributed by atoms with Crippen molar-refractivity contribution in [2.75, 3.05) is 20.3 Å². The maximum atomic E-state index is 10.9. The van der Waals surface area contributed by atoms with E-state index in [4.69, 9.17) is 14.0 Å². The average molecular weight is 339 g/mol. The fourth-order valence-electron chi connectivity index (χ4n) is 2.18. The molecule has 0 amide bonds. The zero-order valence-electron chi connectivity index (χ0n) is 13.5. The smallest absolute Gasteiger partial charge is 0.258 e. The van der Waals surface area contributed by atoms with E-state index in [1.807, 2.05) is 12.1 Å². The molecule has 0 saturated heterocycles. The van der Waals surface area contributed by atoms with Gasteiger partial charge in [-0.15, -0.1) is 0 Å². The largest absolute Gasteiger partial charge is 0.545 e. The van der Waals surface area contributed by atoms with Crippen LogP contribution in [0, 0.1) is 0 Å². The van der Waals surface area contributed by atoms with E-state index in [-0.39, 0.29) is 11.5 Å². The van der Waals surface area contributed by atoms with Crippen molar-refractivity contribution in [1.82, 2.24) is 10.1 Å². The molecule has 0 atom stereocenters. The molecule has 0 unspecified atom stereocenters. The van der Waals surface area contributed by atoms with Gasteiger partial charge >= 0.3 is 0 Å². The molecule has 3 aromatic rings. The van der Waals surface area contributed by atoms with Crippen molar-refractivity contribution in [3.8, 4) is 28.6 Å². The lowest BCUT2D eigenvalue weighted by Crippen LogP contribution is -2.22. The standard InChI is InChI=1S/C18H16N2O5/c1-23-9-10-24-15-7-5-12(6-8-15)16-19-17(25-20-16)13-3-2-4-14(11-13)18(21)22/h2-8,11H,9-10H2,1H3,(H,21,22)/p-1.